The van der Waals surface area contributed by atoms with Gasteiger partial charge in [-0.25, -0.2) is 14.2 Å². The first-order chi connectivity index (χ1) is 17.9. The molecule has 0 atom stereocenters. The number of rotatable bonds is 11. The van der Waals surface area contributed by atoms with Gasteiger partial charge in [-0.15, -0.1) is 0 Å². The number of hydrogen-bond donors (Lipinski definition) is 0. The summed E-state index contributed by atoms with van der Waals surface area (Å²) in [6.07, 6.45) is 2.10. The number of carbonyl (C=O) groups excluding carboxylic acids is 1. The molecule has 0 unspecified atom stereocenters. The van der Waals surface area contributed by atoms with Crippen molar-refractivity contribution < 1.29 is 28.2 Å². The summed E-state index contributed by atoms with van der Waals surface area (Å²) in [6.45, 7) is 5.98. The van der Waals surface area contributed by atoms with E-state index in [0.29, 0.717) is 29.9 Å². The number of ether oxygens (including phenoxy) is 3. The topological polar surface area (TPSA) is 79.2 Å². The Balaban J connectivity index is 1.65. The van der Waals surface area contributed by atoms with Crippen LogP contribution in [0.25, 0.3) is 11.3 Å². The molecule has 0 bridgehead atoms. The Morgan fingerprint density at radius 3 is 2.59 bits per heavy atom. The normalized spacial score (nSPS) is 12.9. The van der Waals surface area contributed by atoms with Gasteiger partial charge in [0, 0.05) is 24.8 Å². The quantitative estimate of drug-likeness (QED) is 0.250. The van der Waals surface area contributed by atoms with Crippen LogP contribution in [0.4, 0.5) is 4.39 Å². The van der Waals surface area contributed by atoms with Crippen LogP contribution in [0.1, 0.15) is 48.2 Å². The first-order valence-corrected chi connectivity index (χ1v) is 12.3. The second-order valence-electron chi connectivity index (χ2n) is 8.82. The Bertz CT molecular complexity index is 1320. The fourth-order valence-electron chi connectivity index (χ4n) is 4.27. The molecule has 8 heteroatoms. The molecule has 0 spiro atoms. The van der Waals surface area contributed by atoms with Gasteiger partial charge in [0.15, 0.2) is 18.4 Å². The molecule has 194 valence electrons. The second kappa shape index (κ2) is 12.0. The lowest BCUT2D eigenvalue weighted by Crippen LogP contribution is -2.13. The van der Waals surface area contributed by atoms with Crippen LogP contribution in [0.15, 0.2) is 47.6 Å². The highest BCUT2D eigenvalue weighted by Crippen LogP contribution is 2.33. The maximum atomic E-state index is 15.3. The summed E-state index contributed by atoms with van der Waals surface area (Å²) in [4.78, 5) is 20.7. The van der Waals surface area contributed by atoms with Crippen molar-refractivity contribution in [3.63, 3.8) is 0 Å². The number of methoxy groups -OCH3 is 1. The summed E-state index contributed by atoms with van der Waals surface area (Å²) >= 11 is 0. The van der Waals surface area contributed by atoms with Gasteiger partial charge in [-0.1, -0.05) is 37.2 Å². The Hall–Kier alpha value is -3.78. The van der Waals surface area contributed by atoms with E-state index >= 15 is 4.39 Å². The summed E-state index contributed by atoms with van der Waals surface area (Å²) < 4.78 is 31.9. The minimum atomic E-state index is -0.438. The molecule has 2 aromatic carbocycles. The number of aryl methyl sites for hydroxylation is 2. The number of nitrogens with zero attached hydrogens (tertiary/aromatic N) is 2. The number of carbonyl (C=O) groups is 1. The lowest BCUT2D eigenvalue weighted by atomic mass is 9.94. The van der Waals surface area contributed by atoms with Gasteiger partial charge in [0.2, 0.25) is 0 Å². The van der Waals surface area contributed by atoms with Crippen LogP contribution >= 0.6 is 0 Å². The predicted molar refractivity (Wildman–Crippen MR) is 139 cm³/mol. The van der Waals surface area contributed by atoms with Gasteiger partial charge < -0.3 is 19.0 Å². The Kier molecular flexibility index (Phi) is 8.50. The number of benzene rings is 2. The van der Waals surface area contributed by atoms with Crippen LogP contribution in [0.3, 0.4) is 0 Å². The van der Waals surface area contributed by atoms with Crippen molar-refractivity contribution in [1.82, 2.24) is 4.98 Å². The standard InChI is InChI=1S/C29H31FN2O5/c1-5-19-8-7-9-21(12-19)29-25(36-17-34-4)11-10-22(31-29)14-24-18(3)28(30)26(13-20(24)6-2)35-16-23-15-27(33)37-32-23/h7-13H,5-6,14-17H2,1-4H3. The first kappa shape index (κ1) is 26.3. The average Bonchev–Trinajstić information content (AvgIpc) is 3.34. The van der Waals surface area contributed by atoms with Gasteiger partial charge in [-0.05, 0) is 66.3 Å². The molecule has 3 aromatic rings. The van der Waals surface area contributed by atoms with Crippen molar-refractivity contribution in [2.45, 2.75) is 46.5 Å². The monoisotopic (exact) mass is 506 g/mol. The third-order valence-electron chi connectivity index (χ3n) is 6.31. The maximum absolute atomic E-state index is 15.3. The third-order valence-corrected chi connectivity index (χ3v) is 6.31. The molecule has 0 N–H and O–H groups in total. The van der Waals surface area contributed by atoms with Crippen LogP contribution in [0.2, 0.25) is 0 Å². The van der Waals surface area contributed by atoms with E-state index in [1.807, 2.05) is 31.2 Å². The van der Waals surface area contributed by atoms with E-state index in [9.17, 15) is 4.79 Å². The minimum Gasteiger partial charge on any atom is -0.484 e. The molecular weight excluding hydrogens is 475 g/mol. The Morgan fingerprint density at radius 2 is 1.89 bits per heavy atom. The number of pyridine rings is 1. The molecular formula is C29H31FN2O5. The van der Waals surface area contributed by atoms with Crippen LogP contribution in [-0.2, 0) is 33.6 Å². The molecule has 1 aliphatic rings. The summed E-state index contributed by atoms with van der Waals surface area (Å²) in [6, 6.07) is 13.7. The molecule has 0 saturated carbocycles. The number of aromatic nitrogens is 1. The summed E-state index contributed by atoms with van der Waals surface area (Å²) in [5.74, 6) is -0.118. The molecule has 0 fully saturated rings. The van der Waals surface area contributed by atoms with Crippen molar-refractivity contribution in [2.24, 2.45) is 5.16 Å². The van der Waals surface area contributed by atoms with E-state index in [0.717, 1.165) is 34.5 Å². The van der Waals surface area contributed by atoms with E-state index < -0.39 is 11.8 Å². The highest BCUT2D eigenvalue weighted by Gasteiger charge is 2.21. The zero-order chi connectivity index (χ0) is 26.4. The zero-order valence-corrected chi connectivity index (χ0v) is 21.6. The van der Waals surface area contributed by atoms with E-state index in [1.54, 1.807) is 20.1 Å². The highest BCUT2D eigenvalue weighted by atomic mass is 19.1. The minimum absolute atomic E-state index is 0.00469. The van der Waals surface area contributed by atoms with E-state index in [2.05, 4.69) is 29.0 Å². The molecule has 1 aromatic heterocycles. The van der Waals surface area contributed by atoms with Crippen molar-refractivity contribution in [1.29, 1.82) is 0 Å². The van der Waals surface area contributed by atoms with Gasteiger partial charge in [0.25, 0.3) is 0 Å². The van der Waals surface area contributed by atoms with Gasteiger partial charge in [0.1, 0.15) is 23.8 Å². The molecule has 0 saturated heterocycles. The van der Waals surface area contributed by atoms with Crippen molar-refractivity contribution in [3.05, 3.63) is 76.2 Å². The highest BCUT2D eigenvalue weighted by molar-refractivity contribution is 6.02. The molecule has 0 radical (unpaired) electrons. The fraction of sp³-hybridized carbons (Fsp3) is 0.345. The first-order valence-electron chi connectivity index (χ1n) is 12.3. The van der Waals surface area contributed by atoms with Crippen LogP contribution in [-0.4, -0.2) is 37.2 Å². The molecule has 4 rings (SSSR count). The van der Waals surface area contributed by atoms with E-state index in [1.165, 1.54) is 5.56 Å². The molecule has 1 aliphatic heterocycles. The summed E-state index contributed by atoms with van der Waals surface area (Å²) in [5.41, 5.74) is 6.44. The fourth-order valence-corrected chi connectivity index (χ4v) is 4.27. The zero-order valence-electron chi connectivity index (χ0n) is 21.6. The van der Waals surface area contributed by atoms with Gasteiger partial charge in [-0.2, -0.15) is 0 Å². The van der Waals surface area contributed by atoms with Crippen molar-refractivity contribution >= 4 is 11.7 Å². The smallest absolute Gasteiger partial charge is 0.340 e. The Morgan fingerprint density at radius 1 is 1.05 bits per heavy atom. The lowest BCUT2D eigenvalue weighted by Gasteiger charge is -2.17. The van der Waals surface area contributed by atoms with Crippen molar-refractivity contribution in [2.75, 3.05) is 20.5 Å². The second-order valence-corrected chi connectivity index (χ2v) is 8.82. The van der Waals surface area contributed by atoms with Crippen LogP contribution in [0.5, 0.6) is 11.5 Å². The summed E-state index contributed by atoms with van der Waals surface area (Å²) in [5, 5.41) is 3.66. The molecule has 2 heterocycles. The number of oxime groups is 1. The Labute approximate surface area is 216 Å². The van der Waals surface area contributed by atoms with Gasteiger partial charge in [0.05, 0.1) is 6.42 Å². The number of hydrogen-bond acceptors (Lipinski definition) is 7. The van der Waals surface area contributed by atoms with Crippen molar-refractivity contribution in [3.8, 4) is 22.8 Å². The molecule has 0 aliphatic carbocycles. The maximum Gasteiger partial charge on any atom is 0.340 e. The van der Waals surface area contributed by atoms with Crippen LogP contribution < -0.4 is 9.47 Å². The molecule has 7 nitrogen and oxygen atoms in total. The van der Waals surface area contributed by atoms with Crippen LogP contribution in [0, 0.1) is 12.7 Å². The van der Waals surface area contributed by atoms with Gasteiger partial charge in [-0.3, -0.25) is 0 Å². The lowest BCUT2D eigenvalue weighted by molar-refractivity contribution is -0.140. The molecule has 0 amide bonds. The molecule has 37 heavy (non-hydrogen) atoms. The van der Waals surface area contributed by atoms with E-state index in [4.69, 9.17) is 19.2 Å². The van der Waals surface area contributed by atoms with E-state index in [-0.39, 0.29) is 25.6 Å². The predicted octanol–water partition coefficient (Wildman–Crippen LogP) is 5.58. The number of halogens is 1. The average molecular weight is 507 g/mol. The SMILES string of the molecule is CCc1cccc(-c2nc(Cc3c(CC)cc(OCC4=NOC(=O)C4)c(F)c3C)ccc2OCOC)c1. The third kappa shape index (κ3) is 6.14. The summed E-state index contributed by atoms with van der Waals surface area (Å²) in [7, 11) is 1.57. The largest absolute Gasteiger partial charge is 0.484 e. The van der Waals surface area contributed by atoms with Gasteiger partial charge >= 0.3 is 5.97 Å².